The Morgan fingerprint density at radius 3 is 2.75 bits per heavy atom. The first kappa shape index (κ1) is 8.87. The predicted octanol–water partition coefficient (Wildman–Crippen LogP) is 1.20. The van der Waals surface area contributed by atoms with Crippen molar-refractivity contribution in [3.05, 3.63) is 23.8 Å². The minimum absolute atomic E-state index is 0.542. The molecule has 0 heterocycles. The zero-order chi connectivity index (χ0) is 8.97. The van der Waals surface area contributed by atoms with Crippen LogP contribution in [0.25, 0.3) is 0 Å². The van der Waals surface area contributed by atoms with Crippen LogP contribution in [0.3, 0.4) is 0 Å². The van der Waals surface area contributed by atoms with Gasteiger partial charge in [0.05, 0.1) is 7.11 Å². The van der Waals surface area contributed by atoms with Crippen molar-refractivity contribution in [2.24, 2.45) is 5.73 Å². The Labute approximate surface area is 72.5 Å². The van der Waals surface area contributed by atoms with E-state index in [4.69, 9.17) is 10.5 Å². The van der Waals surface area contributed by atoms with Gasteiger partial charge in [-0.2, -0.15) is 0 Å². The lowest BCUT2D eigenvalue weighted by Gasteiger charge is -2.08. The molecule has 0 aliphatic rings. The van der Waals surface area contributed by atoms with E-state index in [9.17, 15) is 0 Å². The van der Waals surface area contributed by atoms with Crippen molar-refractivity contribution in [1.29, 1.82) is 0 Å². The number of hydrogen-bond acceptors (Lipinski definition) is 3. The Morgan fingerprint density at radius 1 is 1.50 bits per heavy atom. The topological polar surface area (TPSA) is 47.3 Å². The van der Waals surface area contributed by atoms with E-state index in [0.29, 0.717) is 6.54 Å². The highest BCUT2D eigenvalue weighted by molar-refractivity contribution is 5.54. The first-order valence-electron chi connectivity index (χ1n) is 3.86. The van der Waals surface area contributed by atoms with E-state index < -0.39 is 0 Å². The molecule has 0 aliphatic carbocycles. The molecule has 0 spiro atoms. The van der Waals surface area contributed by atoms with Crippen LogP contribution in [0.2, 0.25) is 0 Å². The molecule has 12 heavy (non-hydrogen) atoms. The molecular weight excluding hydrogens is 152 g/mol. The van der Waals surface area contributed by atoms with Gasteiger partial charge in [-0.05, 0) is 11.6 Å². The quantitative estimate of drug-likeness (QED) is 0.709. The van der Waals surface area contributed by atoms with Crippen LogP contribution in [0.4, 0.5) is 5.69 Å². The number of anilines is 1. The summed E-state index contributed by atoms with van der Waals surface area (Å²) >= 11 is 0. The maximum Gasteiger partial charge on any atom is 0.120 e. The average Bonchev–Trinajstić information content (AvgIpc) is 2.16. The molecule has 0 aliphatic heterocycles. The highest BCUT2D eigenvalue weighted by Gasteiger charge is 1.99. The van der Waals surface area contributed by atoms with Crippen molar-refractivity contribution < 1.29 is 4.74 Å². The summed E-state index contributed by atoms with van der Waals surface area (Å²) in [5.74, 6) is 0.844. The van der Waals surface area contributed by atoms with E-state index in [-0.39, 0.29) is 0 Å². The lowest BCUT2D eigenvalue weighted by molar-refractivity contribution is 0.415. The summed E-state index contributed by atoms with van der Waals surface area (Å²) in [4.78, 5) is 0. The second-order valence-corrected chi connectivity index (χ2v) is 2.48. The summed E-state index contributed by atoms with van der Waals surface area (Å²) in [6, 6.07) is 5.80. The summed E-state index contributed by atoms with van der Waals surface area (Å²) in [5.41, 5.74) is 7.66. The van der Waals surface area contributed by atoms with Gasteiger partial charge >= 0.3 is 0 Å². The van der Waals surface area contributed by atoms with E-state index in [0.717, 1.165) is 17.0 Å². The molecular formula is C9H14N2O. The van der Waals surface area contributed by atoms with Gasteiger partial charge in [-0.3, -0.25) is 0 Å². The normalized spacial score (nSPS) is 9.58. The fourth-order valence-corrected chi connectivity index (χ4v) is 1.09. The van der Waals surface area contributed by atoms with Crippen LogP contribution in [0.15, 0.2) is 18.2 Å². The summed E-state index contributed by atoms with van der Waals surface area (Å²) < 4.78 is 5.08. The van der Waals surface area contributed by atoms with Crippen LogP contribution >= 0.6 is 0 Å². The Balaban J connectivity index is 3.02. The lowest BCUT2D eigenvalue weighted by Crippen LogP contribution is -2.01. The molecule has 1 aromatic carbocycles. The fraction of sp³-hybridized carbons (Fsp3) is 0.333. The van der Waals surface area contributed by atoms with Crippen molar-refractivity contribution in [2.45, 2.75) is 6.54 Å². The summed E-state index contributed by atoms with van der Waals surface area (Å²) in [7, 11) is 3.52. The van der Waals surface area contributed by atoms with Gasteiger partial charge in [0.1, 0.15) is 5.75 Å². The Hall–Kier alpha value is -1.22. The number of benzene rings is 1. The predicted molar refractivity (Wildman–Crippen MR) is 50.4 cm³/mol. The zero-order valence-corrected chi connectivity index (χ0v) is 7.42. The minimum Gasteiger partial charge on any atom is -0.497 e. The first-order valence-corrected chi connectivity index (χ1v) is 3.86. The Morgan fingerprint density at radius 2 is 2.25 bits per heavy atom. The van der Waals surface area contributed by atoms with Gasteiger partial charge in [-0.1, -0.05) is 6.07 Å². The van der Waals surface area contributed by atoms with Crippen LogP contribution < -0.4 is 15.8 Å². The molecule has 1 aromatic rings. The summed E-state index contributed by atoms with van der Waals surface area (Å²) in [5, 5.41) is 3.06. The second-order valence-electron chi connectivity index (χ2n) is 2.48. The van der Waals surface area contributed by atoms with Crippen molar-refractivity contribution in [3.8, 4) is 5.75 Å². The number of hydrogen-bond donors (Lipinski definition) is 2. The average molecular weight is 166 g/mol. The molecule has 3 N–H and O–H groups in total. The summed E-state index contributed by atoms with van der Waals surface area (Å²) in [6.45, 7) is 0.542. The van der Waals surface area contributed by atoms with E-state index >= 15 is 0 Å². The van der Waals surface area contributed by atoms with Gasteiger partial charge in [0.15, 0.2) is 0 Å². The molecule has 0 bridgehead atoms. The minimum atomic E-state index is 0.542. The second kappa shape index (κ2) is 3.97. The molecule has 0 saturated heterocycles. The maximum atomic E-state index is 5.54. The van der Waals surface area contributed by atoms with Gasteiger partial charge < -0.3 is 15.8 Å². The van der Waals surface area contributed by atoms with Gasteiger partial charge in [-0.15, -0.1) is 0 Å². The highest BCUT2D eigenvalue weighted by atomic mass is 16.5. The van der Waals surface area contributed by atoms with Crippen molar-refractivity contribution in [3.63, 3.8) is 0 Å². The standard InChI is InChI=1S/C9H14N2O/c1-11-9-5-8(12-2)4-3-7(9)6-10/h3-5,11H,6,10H2,1-2H3. The summed E-state index contributed by atoms with van der Waals surface area (Å²) in [6.07, 6.45) is 0. The molecule has 3 nitrogen and oxygen atoms in total. The van der Waals surface area contributed by atoms with Gasteiger partial charge in [0.25, 0.3) is 0 Å². The number of nitrogens with one attached hydrogen (secondary N) is 1. The van der Waals surface area contributed by atoms with E-state index in [1.54, 1.807) is 7.11 Å². The molecule has 0 radical (unpaired) electrons. The molecule has 3 heteroatoms. The maximum absolute atomic E-state index is 5.54. The number of rotatable bonds is 3. The molecule has 1 rings (SSSR count). The molecule has 0 amide bonds. The van der Waals surface area contributed by atoms with Crippen LogP contribution in [-0.2, 0) is 6.54 Å². The molecule has 0 saturated carbocycles. The molecule has 0 aromatic heterocycles. The van der Waals surface area contributed by atoms with Crippen LogP contribution in [0, 0.1) is 0 Å². The van der Waals surface area contributed by atoms with Crippen LogP contribution in [0.1, 0.15) is 5.56 Å². The molecule has 0 fully saturated rings. The number of methoxy groups -OCH3 is 1. The molecule has 0 atom stereocenters. The largest absolute Gasteiger partial charge is 0.497 e. The third kappa shape index (κ3) is 1.68. The van der Waals surface area contributed by atoms with E-state index in [2.05, 4.69) is 5.32 Å². The van der Waals surface area contributed by atoms with Crippen molar-refractivity contribution in [2.75, 3.05) is 19.5 Å². The van der Waals surface area contributed by atoms with Gasteiger partial charge in [-0.25, -0.2) is 0 Å². The smallest absolute Gasteiger partial charge is 0.120 e. The van der Waals surface area contributed by atoms with Crippen LogP contribution in [0.5, 0.6) is 5.75 Å². The zero-order valence-electron chi connectivity index (χ0n) is 7.42. The van der Waals surface area contributed by atoms with Gasteiger partial charge in [0.2, 0.25) is 0 Å². The molecule has 0 unspecified atom stereocenters. The van der Waals surface area contributed by atoms with E-state index in [1.807, 2.05) is 25.2 Å². The SMILES string of the molecule is CNc1cc(OC)ccc1CN. The Kier molecular flexibility index (Phi) is 2.94. The third-order valence-corrected chi connectivity index (χ3v) is 1.81. The fourth-order valence-electron chi connectivity index (χ4n) is 1.09. The highest BCUT2D eigenvalue weighted by Crippen LogP contribution is 2.21. The molecule has 66 valence electrons. The third-order valence-electron chi connectivity index (χ3n) is 1.81. The first-order chi connectivity index (χ1) is 5.81. The number of ether oxygens (including phenoxy) is 1. The van der Waals surface area contributed by atoms with Crippen molar-refractivity contribution in [1.82, 2.24) is 0 Å². The Bertz CT molecular complexity index is 261. The van der Waals surface area contributed by atoms with Gasteiger partial charge in [0, 0.05) is 25.3 Å². The van der Waals surface area contributed by atoms with E-state index in [1.165, 1.54) is 0 Å². The lowest BCUT2D eigenvalue weighted by atomic mass is 10.1. The number of nitrogens with two attached hydrogens (primary N) is 1. The van der Waals surface area contributed by atoms with Crippen LogP contribution in [-0.4, -0.2) is 14.2 Å². The monoisotopic (exact) mass is 166 g/mol. The van der Waals surface area contributed by atoms with Crippen molar-refractivity contribution >= 4 is 5.69 Å².